The number of amides is 1. The fourth-order valence-electron chi connectivity index (χ4n) is 4.60. The molecule has 6 heteroatoms. The molecule has 0 spiro atoms. The first-order valence-electron chi connectivity index (χ1n) is 11.6. The predicted molar refractivity (Wildman–Crippen MR) is 136 cm³/mol. The summed E-state index contributed by atoms with van der Waals surface area (Å²) in [5.41, 5.74) is 4.00. The van der Waals surface area contributed by atoms with Gasteiger partial charge in [-0.15, -0.1) is 0 Å². The van der Waals surface area contributed by atoms with Crippen LogP contribution in [0.1, 0.15) is 52.9 Å². The highest BCUT2D eigenvalue weighted by Crippen LogP contribution is 2.35. The summed E-state index contributed by atoms with van der Waals surface area (Å²) in [6.45, 7) is 4.22. The molecule has 1 aliphatic heterocycles. The van der Waals surface area contributed by atoms with Crippen LogP contribution in [-0.2, 0) is 11.2 Å². The van der Waals surface area contributed by atoms with Gasteiger partial charge in [-0.1, -0.05) is 61.0 Å². The molecule has 0 aliphatic carbocycles. The van der Waals surface area contributed by atoms with Crippen LogP contribution >= 0.6 is 11.6 Å². The highest BCUT2D eigenvalue weighted by atomic mass is 35.5. The van der Waals surface area contributed by atoms with E-state index in [9.17, 15) is 9.59 Å². The molecule has 176 valence electrons. The summed E-state index contributed by atoms with van der Waals surface area (Å²) in [6.07, 6.45) is 2.51. The lowest BCUT2D eigenvalue weighted by Gasteiger charge is -2.35. The lowest BCUT2D eigenvalue weighted by molar-refractivity contribution is -0.120. The van der Waals surface area contributed by atoms with E-state index in [2.05, 4.69) is 23.2 Å². The fourth-order valence-corrected chi connectivity index (χ4v) is 4.78. The van der Waals surface area contributed by atoms with Crippen molar-refractivity contribution in [3.63, 3.8) is 0 Å². The van der Waals surface area contributed by atoms with E-state index in [1.54, 1.807) is 12.1 Å². The molecule has 0 saturated carbocycles. The quantitative estimate of drug-likeness (QED) is 0.457. The fraction of sp³-hybridized carbons (Fsp3) is 0.286. The lowest BCUT2D eigenvalue weighted by Crippen LogP contribution is -2.37. The monoisotopic (exact) mass is 476 g/mol. The maximum atomic E-state index is 13.1. The van der Waals surface area contributed by atoms with Gasteiger partial charge in [-0.3, -0.25) is 4.79 Å². The Morgan fingerprint density at radius 1 is 1.09 bits per heavy atom. The number of benzene rings is 3. The van der Waals surface area contributed by atoms with E-state index < -0.39 is 5.97 Å². The second-order valence-electron chi connectivity index (χ2n) is 8.99. The zero-order valence-corrected chi connectivity index (χ0v) is 20.0. The van der Waals surface area contributed by atoms with Gasteiger partial charge < -0.3 is 15.3 Å². The molecule has 1 heterocycles. The van der Waals surface area contributed by atoms with Crippen LogP contribution in [0.5, 0.6) is 0 Å². The highest BCUT2D eigenvalue weighted by Gasteiger charge is 2.25. The normalized spacial score (nSPS) is 16.6. The second-order valence-corrected chi connectivity index (χ2v) is 9.42. The number of hydrogen-bond donors (Lipinski definition) is 2. The number of nitrogens with zero attached hydrogens (tertiary/aromatic N) is 1. The van der Waals surface area contributed by atoms with E-state index in [4.69, 9.17) is 16.7 Å². The third-order valence-electron chi connectivity index (χ3n) is 6.30. The highest BCUT2D eigenvalue weighted by molar-refractivity contribution is 6.30. The standard InChI is InChI=1S/C28H29ClN2O3/c1-19-6-5-15-31(18-19)25-14-13-23(29)17-24(25)27(21-7-3-2-4-8-21)30-26(32)16-20-9-11-22(12-10-20)28(33)34/h2-4,7-14,17,19,27H,5-6,15-16,18H2,1H3,(H,30,32)(H,33,34). The van der Waals surface area contributed by atoms with E-state index in [0.717, 1.165) is 41.9 Å². The lowest BCUT2D eigenvalue weighted by atomic mass is 9.93. The molecular formula is C28H29ClN2O3. The Balaban J connectivity index is 1.64. The van der Waals surface area contributed by atoms with Crippen molar-refractivity contribution in [2.75, 3.05) is 18.0 Å². The third kappa shape index (κ3) is 5.78. The van der Waals surface area contributed by atoms with Gasteiger partial charge >= 0.3 is 5.97 Å². The molecule has 2 N–H and O–H groups in total. The zero-order chi connectivity index (χ0) is 24.1. The molecule has 1 fully saturated rings. The van der Waals surface area contributed by atoms with Gasteiger partial charge in [0, 0.05) is 29.4 Å². The number of piperidine rings is 1. The SMILES string of the molecule is CC1CCCN(c2ccc(Cl)cc2C(NC(=O)Cc2ccc(C(=O)O)cc2)c2ccccc2)C1. The smallest absolute Gasteiger partial charge is 0.335 e. The van der Waals surface area contributed by atoms with Gasteiger partial charge in [0.1, 0.15) is 0 Å². The molecule has 2 unspecified atom stereocenters. The Labute approximate surface area is 205 Å². The number of carboxylic acid groups (broad SMARTS) is 1. The van der Waals surface area contributed by atoms with Crippen LogP contribution in [0.2, 0.25) is 5.02 Å². The van der Waals surface area contributed by atoms with Gasteiger partial charge in [0.15, 0.2) is 0 Å². The number of nitrogens with one attached hydrogen (secondary N) is 1. The largest absolute Gasteiger partial charge is 0.478 e. The van der Waals surface area contributed by atoms with Crippen molar-refractivity contribution in [2.24, 2.45) is 5.92 Å². The Hall–Kier alpha value is -3.31. The summed E-state index contributed by atoms with van der Waals surface area (Å²) in [6, 6.07) is 21.9. The summed E-state index contributed by atoms with van der Waals surface area (Å²) < 4.78 is 0. The van der Waals surface area contributed by atoms with Gasteiger partial charge in [-0.05, 0) is 60.2 Å². The third-order valence-corrected chi connectivity index (χ3v) is 6.54. The number of carboxylic acids is 1. The summed E-state index contributed by atoms with van der Waals surface area (Å²) >= 11 is 6.44. The van der Waals surface area contributed by atoms with E-state index in [1.807, 2.05) is 42.5 Å². The Kier molecular flexibility index (Phi) is 7.53. The minimum absolute atomic E-state index is 0.144. The van der Waals surface area contributed by atoms with Crippen LogP contribution in [-0.4, -0.2) is 30.1 Å². The Morgan fingerprint density at radius 2 is 1.82 bits per heavy atom. The van der Waals surface area contributed by atoms with Crippen molar-refractivity contribution in [1.29, 1.82) is 0 Å². The molecule has 0 aromatic heterocycles. The van der Waals surface area contributed by atoms with Gasteiger partial charge in [0.2, 0.25) is 5.91 Å². The average Bonchev–Trinajstić information content (AvgIpc) is 2.83. The average molecular weight is 477 g/mol. The minimum Gasteiger partial charge on any atom is -0.478 e. The molecule has 1 amide bonds. The minimum atomic E-state index is -0.986. The molecule has 0 radical (unpaired) electrons. The maximum Gasteiger partial charge on any atom is 0.335 e. The van der Waals surface area contributed by atoms with Crippen LogP contribution in [0.25, 0.3) is 0 Å². The Morgan fingerprint density at radius 3 is 2.50 bits per heavy atom. The summed E-state index contributed by atoms with van der Waals surface area (Å²) in [5.74, 6) is -0.522. The maximum absolute atomic E-state index is 13.1. The molecule has 5 nitrogen and oxygen atoms in total. The van der Waals surface area contributed by atoms with E-state index in [-0.39, 0.29) is 23.9 Å². The number of rotatable bonds is 7. The first-order chi connectivity index (χ1) is 16.4. The van der Waals surface area contributed by atoms with Gasteiger partial charge in [0.25, 0.3) is 0 Å². The number of aromatic carboxylic acids is 1. The molecular weight excluding hydrogens is 448 g/mol. The van der Waals surface area contributed by atoms with E-state index in [1.165, 1.54) is 18.6 Å². The van der Waals surface area contributed by atoms with E-state index >= 15 is 0 Å². The Bertz CT molecular complexity index is 1150. The first-order valence-corrected chi connectivity index (χ1v) is 12.0. The molecule has 4 rings (SSSR count). The molecule has 0 bridgehead atoms. The zero-order valence-electron chi connectivity index (χ0n) is 19.2. The summed E-state index contributed by atoms with van der Waals surface area (Å²) in [7, 11) is 0. The molecule has 1 aliphatic rings. The molecule has 3 aromatic rings. The molecule has 1 saturated heterocycles. The van der Waals surface area contributed by atoms with Crippen LogP contribution in [0, 0.1) is 5.92 Å². The number of carbonyl (C=O) groups is 2. The summed E-state index contributed by atoms with van der Waals surface area (Å²) in [5, 5.41) is 12.9. The number of hydrogen-bond acceptors (Lipinski definition) is 3. The van der Waals surface area contributed by atoms with Crippen molar-refractivity contribution in [1.82, 2.24) is 5.32 Å². The van der Waals surface area contributed by atoms with Crippen molar-refractivity contribution >= 4 is 29.2 Å². The van der Waals surface area contributed by atoms with Crippen LogP contribution < -0.4 is 10.2 Å². The van der Waals surface area contributed by atoms with Crippen LogP contribution in [0.4, 0.5) is 5.69 Å². The van der Waals surface area contributed by atoms with Crippen LogP contribution in [0.15, 0.2) is 72.8 Å². The van der Waals surface area contributed by atoms with Gasteiger partial charge in [0.05, 0.1) is 18.0 Å². The van der Waals surface area contributed by atoms with Gasteiger partial charge in [-0.2, -0.15) is 0 Å². The van der Waals surface area contributed by atoms with Crippen molar-refractivity contribution < 1.29 is 14.7 Å². The van der Waals surface area contributed by atoms with Crippen LogP contribution in [0.3, 0.4) is 0 Å². The number of anilines is 1. The molecule has 3 aromatic carbocycles. The van der Waals surface area contributed by atoms with E-state index in [0.29, 0.717) is 10.9 Å². The second kappa shape index (κ2) is 10.7. The van der Waals surface area contributed by atoms with Crippen molar-refractivity contribution in [3.8, 4) is 0 Å². The topological polar surface area (TPSA) is 69.6 Å². The number of carbonyl (C=O) groups excluding carboxylic acids is 1. The molecule has 34 heavy (non-hydrogen) atoms. The molecule has 2 atom stereocenters. The van der Waals surface area contributed by atoms with Gasteiger partial charge in [-0.25, -0.2) is 4.79 Å². The van der Waals surface area contributed by atoms with Crippen molar-refractivity contribution in [2.45, 2.75) is 32.2 Å². The van der Waals surface area contributed by atoms with Crippen molar-refractivity contribution in [3.05, 3.63) is 100 Å². The number of halogens is 1. The summed E-state index contributed by atoms with van der Waals surface area (Å²) in [4.78, 5) is 26.6. The predicted octanol–water partition coefficient (Wildman–Crippen LogP) is 5.72. The first kappa shape index (κ1) is 23.8.